The first kappa shape index (κ1) is 12.7. The molecule has 0 spiro atoms. The molecule has 3 rings (SSSR count). The lowest BCUT2D eigenvalue weighted by Crippen LogP contribution is -2.16. The fraction of sp³-hybridized carbons (Fsp3) is 0.357. The number of benzene rings is 1. The largest absolute Gasteiger partial charge is 0.323 e. The van der Waals surface area contributed by atoms with Crippen LogP contribution < -0.4 is 5.73 Å². The Balaban J connectivity index is 1.94. The van der Waals surface area contributed by atoms with E-state index in [1.165, 1.54) is 17.0 Å². The molecule has 19 heavy (non-hydrogen) atoms. The maximum atomic E-state index is 12.5. The lowest BCUT2D eigenvalue weighted by molar-refractivity contribution is 0.151. The number of hydrogen-bond acceptors (Lipinski definition) is 3. The van der Waals surface area contributed by atoms with E-state index < -0.39 is 6.43 Å². The van der Waals surface area contributed by atoms with E-state index in [4.69, 9.17) is 5.73 Å². The molecule has 2 aromatic rings. The van der Waals surface area contributed by atoms with E-state index in [-0.39, 0.29) is 11.6 Å². The van der Waals surface area contributed by atoms with Crippen molar-refractivity contribution in [2.45, 2.75) is 31.7 Å². The average molecular weight is 280 g/mol. The molecule has 0 aliphatic heterocycles. The topological polar surface area (TPSA) is 38.9 Å². The number of halogens is 2. The zero-order chi connectivity index (χ0) is 13.4. The molecular formula is C14H14F2N2S. The maximum Gasteiger partial charge on any atom is 0.263 e. The number of nitrogens with zero attached hydrogens (tertiary/aromatic N) is 1. The minimum atomic E-state index is -2.42. The monoisotopic (exact) mass is 280 g/mol. The molecule has 0 radical (unpaired) electrons. The molecule has 100 valence electrons. The first-order valence-electron chi connectivity index (χ1n) is 6.29. The average Bonchev–Trinajstić information content (AvgIpc) is 2.84. The fourth-order valence-corrected chi connectivity index (χ4v) is 3.53. The third-order valence-electron chi connectivity index (χ3n) is 3.41. The maximum absolute atomic E-state index is 12.5. The van der Waals surface area contributed by atoms with Gasteiger partial charge in [-0.3, -0.25) is 0 Å². The minimum absolute atomic E-state index is 0.0223. The van der Waals surface area contributed by atoms with Gasteiger partial charge < -0.3 is 5.73 Å². The van der Waals surface area contributed by atoms with Crippen LogP contribution in [-0.4, -0.2) is 4.98 Å². The Morgan fingerprint density at radius 2 is 2.00 bits per heavy atom. The summed E-state index contributed by atoms with van der Waals surface area (Å²) in [5.41, 5.74) is 7.97. The third-order valence-corrected chi connectivity index (χ3v) is 4.59. The first-order valence-corrected chi connectivity index (χ1v) is 7.10. The summed E-state index contributed by atoms with van der Waals surface area (Å²) in [7, 11) is 0. The smallest absolute Gasteiger partial charge is 0.263 e. The molecule has 0 amide bonds. The van der Waals surface area contributed by atoms with Crippen LogP contribution in [0, 0.1) is 0 Å². The number of aromatic nitrogens is 1. The lowest BCUT2D eigenvalue weighted by atomic mass is 9.99. The van der Waals surface area contributed by atoms with E-state index >= 15 is 0 Å². The van der Waals surface area contributed by atoms with E-state index in [2.05, 4.69) is 4.98 Å². The van der Waals surface area contributed by atoms with Crippen molar-refractivity contribution in [1.29, 1.82) is 0 Å². The lowest BCUT2D eigenvalue weighted by Gasteiger charge is -2.15. The molecule has 5 heteroatoms. The Hall–Kier alpha value is -1.33. The van der Waals surface area contributed by atoms with Gasteiger partial charge in [0.05, 0.1) is 5.69 Å². The van der Waals surface area contributed by atoms with Crippen LogP contribution in [0.1, 0.15) is 41.4 Å². The Morgan fingerprint density at radius 3 is 2.63 bits per heavy atom. The second-order valence-electron chi connectivity index (χ2n) is 4.75. The molecule has 0 fully saturated rings. The van der Waals surface area contributed by atoms with E-state index in [0.717, 1.165) is 35.5 Å². The highest BCUT2D eigenvalue weighted by atomic mass is 32.1. The van der Waals surface area contributed by atoms with Crippen LogP contribution in [0.2, 0.25) is 0 Å². The Labute approximate surface area is 114 Å². The molecule has 1 unspecified atom stereocenters. The van der Waals surface area contributed by atoms with Crippen LogP contribution in [0.15, 0.2) is 24.3 Å². The molecular weight excluding hydrogens is 266 g/mol. The number of alkyl halides is 2. The van der Waals surface area contributed by atoms with E-state index in [1.807, 2.05) is 0 Å². The Kier molecular flexibility index (Phi) is 3.33. The van der Waals surface area contributed by atoms with Crippen molar-refractivity contribution in [3.8, 4) is 10.6 Å². The second kappa shape index (κ2) is 4.98. The predicted molar refractivity (Wildman–Crippen MR) is 72.4 cm³/mol. The third kappa shape index (κ3) is 2.40. The summed E-state index contributed by atoms with van der Waals surface area (Å²) < 4.78 is 25.0. The van der Waals surface area contributed by atoms with Gasteiger partial charge in [0.25, 0.3) is 6.43 Å². The summed E-state index contributed by atoms with van der Waals surface area (Å²) in [6, 6.07) is 6.35. The summed E-state index contributed by atoms with van der Waals surface area (Å²) in [5.74, 6) is 0. The summed E-state index contributed by atoms with van der Waals surface area (Å²) in [5, 5.41) is 0.878. The number of aryl methyl sites for hydroxylation is 1. The molecule has 0 saturated heterocycles. The SMILES string of the molecule is NC1CCCc2sc(-c3ccc(C(F)F)cc3)nc21. The highest BCUT2D eigenvalue weighted by molar-refractivity contribution is 7.15. The van der Waals surface area contributed by atoms with Gasteiger partial charge in [-0.2, -0.15) is 0 Å². The molecule has 1 atom stereocenters. The van der Waals surface area contributed by atoms with Crippen molar-refractivity contribution in [1.82, 2.24) is 4.98 Å². The van der Waals surface area contributed by atoms with Crippen molar-refractivity contribution in [3.63, 3.8) is 0 Å². The van der Waals surface area contributed by atoms with Crippen molar-refractivity contribution in [2.75, 3.05) is 0 Å². The number of rotatable bonds is 2. The minimum Gasteiger partial charge on any atom is -0.323 e. The number of hydrogen-bond donors (Lipinski definition) is 1. The van der Waals surface area contributed by atoms with Crippen LogP contribution in [0.25, 0.3) is 10.6 Å². The van der Waals surface area contributed by atoms with Crippen LogP contribution in [-0.2, 0) is 6.42 Å². The van der Waals surface area contributed by atoms with Crippen LogP contribution in [0.3, 0.4) is 0 Å². The molecule has 2 N–H and O–H groups in total. The second-order valence-corrected chi connectivity index (χ2v) is 5.83. The van der Waals surface area contributed by atoms with Gasteiger partial charge in [-0.15, -0.1) is 11.3 Å². The zero-order valence-corrected chi connectivity index (χ0v) is 11.1. The summed E-state index contributed by atoms with van der Waals surface area (Å²) >= 11 is 1.63. The van der Waals surface area contributed by atoms with E-state index in [0.29, 0.717) is 0 Å². The van der Waals surface area contributed by atoms with Gasteiger partial charge in [0.1, 0.15) is 5.01 Å². The van der Waals surface area contributed by atoms with Gasteiger partial charge in [0, 0.05) is 22.0 Å². The Morgan fingerprint density at radius 1 is 1.26 bits per heavy atom. The number of thiazole rings is 1. The van der Waals surface area contributed by atoms with Crippen molar-refractivity contribution >= 4 is 11.3 Å². The Bertz CT molecular complexity index is 578. The van der Waals surface area contributed by atoms with Crippen LogP contribution in [0.5, 0.6) is 0 Å². The summed E-state index contributed by atoms with van der Waals surface area (Å²) in [6.45, 7) is 0. The van der Waals surface area contributed by atoms with Gasteiger partial charge in [-0.1, -0.05) is 24.3 Å². The van der Waals surface area contributed by atoms with Crippen LogP contribution in [0.4, 0.5) is 8.78 Å². The number of fused-ring (bicyclic) bond motifs is 1. The molecule has 1 aromatic carbocycles. The molecule has 1 heterocycles. The summed E-state index contributed by atoms with van der Waals surface area (Å²) in [6.07, 6.45) is 0.670. The van der Waals surface area contributed by atoms with Crippen LogP contribution >= 0.6 is 11.3 Å². The van der Waals surface area contributed by atoms with Gasteiger partial charge >= 0.3 is 0 Å². The van der Waals surface area contributed by atoms with Crippen molar-refractivity contribution in [2.24, 2.45) is 5.73 Å². The first-order chi connectivity index (χ1) is 9.15. The van der Waals surface area contributed by atoms with Gasteiger partial charge in [-0.05, 0) is 19.3 Å². The van der Waals surface area contributed by atoms with Crippen molar-refractivity contribution < 1.29 is 8.78 Å². The van der Waals surface area contributed by atoms with Gasteiger partial charge in [0.2, 0.25) is 0 Å². The molecule has 0 saturated carbocycles. The summed E-state index contributed by atoms with van der Waals surface area (Å²) in [4.78, 5) is 5.82. The molecule has 1 aromatic heterocycles. The van der Waals surface area contributed by atoms with E-state index in [9.17, 15) is 8.78 Å². The highest BCUT2D eigenvalue weighted by Crippen LogP contribution is 2.36. The number of nitrogens with two attached hydrogens (primary N) is 1. The molecule has 2 nitrogen and oxygen atoms in total. The predicted octanol–water partition coefficient (Wildman–Crippen LogP) is 4.08. The van der Waals surface area contributed by atoms with Crippen molar-refractivity contribution in [3.05, 3.63) is 40.4 Å². The highest BCUT2D eigenvalue weighted by Gasteiger charge is 2.22. The molecule has 1 aliphatic carbocycles. The normalized spacial score (nSPS) is 18.6. The molecule has 1 aliphatic rings. The zero-order valence-electron chi connectivity index (χ0n) is 10.3. The molecule has 0 bridgehead atoms. The quantitative estimate of drug-likeness (QED) is 0.900. The van der Waals surface area contributed by atoms with E-state index in [1.54, 1.807) is 23.5 Å². The van der Waals surface area contributed by atoms with Gasteiger partial charge in [-0.25, -0.2) is 13.8 Å². The van der Waals surface area contributed by atoms with Gasteiger partial charge in [0.15, 0.2) is 0 Å². The fourth-order valence-electron chi connectivity index (χ4n) is 2.35. The standard InChI is InChI=1S/C14H14F2N2S/c15-13(16)8-4-6-9(7-5-8)14-18-12-10(17)2-1-3-11(12)19-14/h4-7,10,13H,1-3,17H2.